The highest BCUT2D eigenvalue weighted by Crippen LogP contribution is 2.48. The fourth-order valence-corrected chi connectivity index (χ4v) is 4.28. The summed E-state index contributed by atoms with van der Waals surface area (Å²) in [6, 6.07) is 4.35. The number of nitrogens with zero attached hydrogens (tertiary/aromatic N) is 1. The maximum atomic E-state index is 14.4. The number of nitrogens with two attached hydrogens (primary N) is 1. The van der Waals surface area contributed by atoms with Gasteiger partial charge in [-0.05, 0) is 25.1 Å². The van der Waals surface area contributed by atoms with E-state index < -0.39 is 17.4 Å². The molecule has 118 valence electrons. The number of benzene rings is 1. The van der Waals surface area contributed by atoms with Crippen molar-refractivity contribution in [3.8, 4) is 0 Å². The number of anilines is 1. The number of halogens is 1. The van der Waals surface area contributed by atoms with E-state index in [1.54, 1.807) is 6.07 Å². The predicted octanol–water partition coefficient (Wildman–Crippen LogP) is 2.01. The highest BCUT2D eigenvalue weighted by molar-refractivity contribution is 8.13. The summed E-state index contributed by atoms with van der Waals surface area (Å²) in [5.41, 5.74) is 5.64. The Bertz CT molecular complexity index is 654. The van der Waals surface area contributed by atoms with Crippen LogP contribution >= 0.6 is 11.8 Å². The van der Waals surface area contributed by atoms with Crippen molar-refractivity contribution in [2.75, 3.05) is 18.1 Å². The van der Waals surface area contributed by atoms with Gasteiger partial charge in [-0.3, -0.25) is 5.32 Å². The van der Waals surface area contributed by atoms with Crippen LogP contribution in [0.4, 0.5) is 14.9 Å². The second-order valence-electron chi connectivity index (χ2n) is 5.44. The van der Waals surface area contributed by atoms with Crippen molar-refractivity contribution in [1.82, 2.24) is 5.32 Å². The van der Waals surface area contributed by atoms with Crippen molar-refractivity contribution in [2.45, 2.75) is 18.6 Å². The second-order valence-corrected chi connectivity index (χ2v) is 6.45. The Labute approximate surface area is 130 Å². The number of rotatable bonds is 1. The van der Waals surface area contributed by atoms with Gasteiger partial charge in [0, 0.05) is 22.9 Å². The van der Waals surface area contributed by atoms with E-state index in [2.05, 4.69) is 10.3 Å². The first-order valence-electron chi connectivity index (χ1n) is 6.82. The molecule has 0 unspecified atom stereocenters. The Morgan fingerprint density at radius 2 is 2.41 bits per heavy atom. The van der Waals surface area contributed by atoms with Gasteiger partial charge in [-0.1, -0.05) is 11.8 Å². The zero-order valence-electron chi connectivity index (χ0n) is 11.9. The first kappa shape index (κ1) is 15.1. The molecule has 6 nitrogen and oxygen atoms in total. The van der Waals surface area contributed by atoms with Crippen LogP contribution in [0.3, 0.4) is 0 Å². The molecule has 1 aromatic rings. The van der Waals surface area contributed by atoms with Gasteiger partial charge in [0.2, 0.25) is 0 Å². The number of carbonyl (C=O) groups is 1. The summed E-state index contributed by atoms with van der Waals surface area (Å²) < 4.78 is 20.1. The number of hydrogen-bond donors (Lipinski definition) is 3. The summed E-state index contributed by atoms with van der Waals surface area (Å²) in [6.45, 7) is 2.12. The lowest BCUT2D eigenvalue weighted by molar-refractivity contribution is 0.107. The molecule has 1 aromatic carbocycles. The number of amidine groups is 1. The number of hydrogen-bond acceptors (Lipinski definition) is 5. The summed E-state index contributed by atoms with van der Waals surface area (Å²) in [5.74, 6) is 0.129. The van der Waals surface area contributed by atoms with Gasteiger partial charge in [-0.15, -0.1) is 0 Å². The number of thioether (sulfide) groups is 1. The SMILES string of the molecule is C[C@H]1OC[C@]2(c3cc(N)ccc3F)N=C(NC(=O)O)SC[C@H]12. The first-order valence-corrected chi connectivity index (χ1v) is 7.80. The topological polar surface area (TPSA) is 96.9 Å². The van der Waals surface area contributed by atoms with Crippen LogP contribution in [-0.4, -0.2) is 34.8 Å². The molecule has 0 bridgehead atoms. The lowest BCUT2D eigenvalue weighted by Crippen LogP contribution is -2.43. The molecule has 0 aliphatic carbocycles. The quantitative estimate of drug-likeness (QED) is 0.686. The zero-order chi connectivity index (χ0) is 15.9. The van der Waals surface area contributed by atoms with Gasteiger partial charge in [0.1, 0.15) is 11.4 Å². The highest BCUT2D eigenvalue weighted by atomic mass is 32.2. The molecule has 0 spiro atoms. The molecule has 0 aromatic heterocycles. The van der Waals surface area contributed by atoms with Crippen molar-refractivity contribution in [3.05, 3.63) is 29.6 Å². The van der Waals surface area contributed by atoms with E-state index in [0.29, 0.717) is 17.0 Å². The van der Waals surface area contributed by atoms with Crippen LogP contribution in [0.1, 0.15) is 12.5 Å². The van der Waals surface area contributed by atoms with E-state index in [0.717, 1.165) is 0 Å². The number of carboxylic acid groups (broad SMARTS) is 1. The van der Waals surface area contributed by atoms with Gasteiger partial charge in [0.25, 0.3) is 0 Å². The molecule has 0 saturated carbocycles. The molecule has 1 saturated heterocycles. The number of nitrogen functional groups attached to an aromatic ring is 1. The molecule has 3 rings (SSSR count). The van der Waals surface area contributed by atoms with Gasteiger partial charge in [0.15, 0.2) is 5.17 Å². The number of fused-ring (bicyclic) bond motifs is 1. The van der Waals surface area contributed by atoms with E-state index in [4.69, 9.17) is 15.6 Å². The van der Waals surface area contributed by atoms with Crippen LogP contribution in [-0.2, 0) is 10.3 Å². The molecule has 2 heterocycles. The second kappa shape index (κ2) is 5.44. The van der Waals surface area contributed by atoms with Crippen LogP contribution in [0.25, 0.3) is 0 Å². The Morgan fingerprint density at radius 1 is 1.64 bits per heavy atom. The molecule has 8 heteroatoms. The van der Waals surface area contributed by atoms with Crippen molar-refractivity contribution in [2.24, 2.45) is 10.9 Å². The molecule has 3 atom stereocenters. The Hall–Kier alpha value is -1.80. The molecule has 4 N–H and O–H groups in total. The van der Waals surface area contributed by atoms with E-state index in [-0.39, 0.29) is 23.8 Å². The maximum absolute atomic E-state index is 14.4. The van der Waals surface area contributed by atoms with Crippen molar-refractivity contribution < 1.29 is 19.0 Å². The van der Waals surface area contributed by atoms with Gasteiger partial charge in [-0.25, -0.2) is 14.2 Å². The molecular formula is C14H16FN3O3S. The minimum absolute atomic E-state index is 0.0480. The third-order valence-electron chi connectivity index (χ3n) is 4.12. The number of ether oxygens (including phenoxy) is 1. The average molecular weight is 325 g/mol. The third kappa shape index (κ3) is 2.42. The van der Waals surface area contributed by atoms with Gasteiger partial charge in [-0.2, -0.15) is 0 Å². The van der Waals surface area contributed by atoms with Crippen LogP contribution in [0.15, 0.2) is 23.2 Å². The molecule has 22 heavy (non-hydrogen) atoms. The third-order valence-corrected chi connectivity index (χ3v) is 5.11. The fraction of sp³-hybridized carbons (Fsp3) is 0.429. The van der Waals surface area contributed by atoms with Gasteiger partial charge in [0.05, 0.1) is 12.7 Å². The number of nitrogens with one attached hydrogen (secondary N) is 1. The largest absolute Gasteiger partial charge is 0.465 e. The smallest absolute Gasteiger partial charge is 0.410 e. The Morgan fingerprint density at radius 3 is 3.14 bits per heavy atom. The molecule has 2 aliphatic heterocycles. The summed E-state index contributed by atoms with van der Waals surface area (Å²) in [5, 5.41) is 11.4. The number of amides is 1. The standard InChI is InChI=1S/C14H16FN3O3S/c1-7-10-5-22-12(17-13(19)20)18-14(10,6-21-7)9-4-8(16)2-3-11(9)15/h2-4,7,10H,5-6,16H2,1H3,(H,17,18)(H,19,20)/t7-,10-,14-/m1/s1. The fourth-order valence-electron chi connectivity index (χ4n) is 3.01. The van der Waals surface area contributed by atoms with Gasteiger partial charge < -0.3 is 15.6 Å². The normalized spacial score (nSPS) is 30.5. The predicted molar refractivity (Wildman–Crippen MR) is 82.4 cm³/mol. The lowest BCUT2D eigenvalue weighted by Gasteiger charge is -2.36. The average Bonchev–Trinajstić information content (AvgIpc) is 2.79. The summed E-state index contributed by atoms with van der Waals surface area (Å²) in [7, 11) is 0. The zero-order valence-corrected chi connectivity index (χ0v) is 12.7. The van der Waals surface area contributed by atoms with Crippen molar-refractivity contribution in [1.29, 1.82) is 0 Å². The Kier molecular flexibility index (Phi) is 3.73. The summed E-state index contributed by atoms with van der Waals surface area (Å²) in [6.07, 6.45) is -1.29. The monoisotopic (exact) mass is 325 g/mol. The summed E-state index contributed by atoms with van der Waals surface area (Å²) in [4.78, 5) is 15.4. The first-order chi connectivity index (χ1) is 10.4. The molecule has 1 fully saturated rings. The van der Waals surface area contributed by atoms with Gasteiger partial charge >= 0.3 is 6.09 Å². The molecule has 0 radical (unpaired) electrons. The minimum Gasteiger partial charge on any atom is -0.465 e. The van der Waals surface area contributed by atoms with E-state index in [1.165, 1.54) is 23.9 Å². The van der Waals surface area contributed by atoms with Crippen molar-refractivity contribution >= 4 is 28.7 Å². The van der Waals surface area contributed by atoms with E-state index in [9.17, 15) is 9.18 Å². The number of aliphatic imine (C=N–C) groups is 1. The van der Waals surface area contributed by atoms with Crippen LogP contribution < -0.4 is 11.1 Å². The summed E-state index contributed by atoms with van der Waals surface area (Å²) >= 11 is 1.30. The molecule has 2 aliphatic rings. The maximum Gasteiger partial charge on any atom is 0.410 e. The van der Waals surface area contributed by atoms with Crippen LogP contribution in [0.2, 0.25) is 0 Å². The molecule has 1 amide bonds. The minimum atomic E-state index is -1.19. The van der Waals surface area contributed by atoms with Crippen LogP contribution in [0.5, 0.6) is 0 Å². The van der Waals surface area contributed by atoms with E-state index in [1.807, 2.05) is 6.92 Å². The van der Waals surface area contributed by atoms with Crippen molar-refractivity contribution in [3.63, 3.8) is 0 Å². The lowest BCUT2D eigenvalue weighted by atomic mass is 9.79. The Balaban J connectivity index is 2.12. The molecular weight excluding hydrogens is 309 g/mol. The van der Waals surface area contributed by atoms with E-state index >= 15 is 0 Å². The highest BCUT2D eigenvalue weighted by Gasteiger charge is 2.53. The van der Waals surface area contributed by atoms with Crippen LogP contribution in [0, 0.1) is 11.7 Å².